The normalized spacial score (nSPS) is 14.4. The van der Waals surface area contributed by atoms with Crippen molar-refractivity contribution in [1.29, 1.82) is 0 Å². The van der Waals surface area contributed by atoms with E-state index < -0.39 is 0 Å². The molecule has 1 aliphatic rings. The molecule has 1 aromatic carbocycles. The van der Waals surface area contributed by atoms with Gasteiger partial charge in [-0.15, -0.1) is 0 Å². The summed E-state index contributed by atoms with van der Waals surface area (Å²) in [5, 5.41) is 5.33. The lowest BCUT2D eigenvalue weighted by atomic mass is 10.1. The van der Waals surface area contributed by atoms with E-state index in [1.807, 2.05) is 22.8 Å². The number of nitrogens with zero attached hydrogens (tertiary/aromatic N) is 3. The summed E-state index contributed by atoms with van der Waals surface area (Å²) >= 11 is 9.88. The van der Waals surface area contributed by atoms with Crippen LogP contribution in [-0.4, -0.2) is 45.4 Å². The number of aromatic nitrogens is 2. The second kappa shape index (κ2) is 6.98. The molecule has 8 heteroatoms. The summed E-state index contributed by atoms with van der Waals surface area (Å²) < 4.78 is 2.80. The second-order valence-electron chi connectivity index (χ2n) is 6.45. The largest absolute Gasteiger partial charge is 0.348 e. The van der Waals surface area contributed by atoms with E-state index in [0.29, 0.717) is 23.8 Å². The Bertz CT molecular complexity index is 1090. The SMILES string of the molecule is C=CC(=O)N1CC(NC(=O)Cn2c3ccc(Br)cc3c3c(Cl)ccnc32)C1. The number of hydrogen-bond donors (Lipinski definition) is 1. The molecule has 3 heterocycles. The maximum absolute atomic E-state index is 12.6. The molecule has 2 amide bonds. The molecule has 0 aliphatic carbocycles. The molecule has 1 N–H and O–H groups in total. The molecule has 1 aliphatic heterocycles. The van der Waals surface area contributed by atoms with Crippen LogP contribution in [0, 0.1) is 0 Å². The molecule has 2 aromatic heterocycles. The Labute approximate surface area is 168 Å². The number of likely N-dealkylation sites (tertiary alicyclic amines) is 1. The molecule has 6 nitrogen and oxygen atoms in total. The minimum absolute atomic E-state index is 0.0415. The number of pyridine rings is 1. The smallest absolute Gasteiger partial charge is 0.246 e. The van der Waals surface area contributed by atoms with Crippen molar-refractivity contribution < 1.29 is 9.59 Å². The third kappa shape index (κ3) is 3.21. The average molecular weight is 448 g/mol. The van der Waals surface area contributed by atoms with Gasteiger partial charge in [-0.2, -0.15) is 0 Å². The summed E-state index contributed by atoms with van der Waals surface area (Å²) in [6.45, 7) is 4.60. The summed E-state index contributed by atoms with van der Waals surface area (Å²) in [5.41, 5.74) is 1.56. The Hall–Kier alpha value is -2.38. The maximum atomic E-state index is 12.6. The molecule has 0 radical (unpaired) electrons. The monoisotopic (exact) mass is 446 g/mol. The number of rotatable bonds is 4. The van der Waals surface area contributed by atoms with Crippen molar-refractivity contribution >= 4 is 61.3 Å². The zero-order valence-corrected chi connectivity index (χ0v) is 16.6. The van der Waals surface area contributed by atoms with Gasteiger partial charge in [0.05, 0.1) is 16.6 Å². The minimum Gasteiger partial charge on any atom is -0.348 e. The van der Waals surface area contributed by atoms with Crippen molar-refractivity contribution in [2.75, 3.05) is 13.1 Å². The third-order valence-corrected chi connectivity index (χ3v) is 5.50. The van der Waals surface area contributed by atoms with Crippen molar-refractivity contribution in [3.05, 3.63) is 52.6 Å². The van der Waals surface area contributed by atoms with Crippen molar-refractivity contribution in [3.63, 3.8) is 0 Å². The van der Waals surface area contributed by atoms with Gasteiger partial charge in [0.15, 0.2) is 0 Å². The fourth-order valence-corrected chi connectivity index (χ4v) is 4.00. The van der Waals surface area contributed by atoms with E-state index >= 15 is 0 Å². The first-order valence-corrected chi connectivity index (χ1v) is 9.57. The number of benzene rings is 1. The highest BCUT2D eigenvalue weighted by molar-refractivity contribution is 9.10. The quantitative estimate of drug-likeness (QED) is 0.625. The Morgan fingerprint density at radius 1 is 1.37 bits per heavy atom. The van der Waals surface area contributed by atoms with Crippen LogP contribution in [0.3, 0.4) is 0 Å². The van der Waals surface area contributed by atoms with Gasteiger partial charge in [0.2, 0.25) is 11.8 Å². The van der Waals surface area contributed by atoms with Crippen LogP contribution in [0.25, 0.3) is 21.9 Å². The molecular formula is C19H16BrClN4O2. The molecule has 0 atom stereocenters. The first-order valence-electron chi connectivity index (χ1n) is 8.40. The summed E-state index contributed by atoms with van der Waals surface area (Å²) in [6, 6.07) is 7.55. The van der Waals surface area contributed by atoms with E-state index in [-0.39, 0.29) is 24.4 Å². The lowest BCUT2D eigenvalue weighted by Gasteiger charge is -2.38. The Morgan fingerprint density at radius 2 is 2.15 bits per heavy atom. The molecule has 27 heavy (non-hydrogen) atoms. The van der Waals surface area contributed by atoms with Crippen molar-refractivity contribution in [2.24, 2.45) is 0 Å². The van der Waals surface area contributed by atoms with Crippen LogP contribution in [0.4, 0.5) is 0 Å². The third-order valence-electron chi connectivity index (χ3n) is 4.69. The zero-order chi connectivity index (χ0) is 19.1. The van der Waals surface area contributed by atoms with Gasteiger partial charge < -0.3 is 14.8 Å². The van der Waals surface area contributed by atoms with E-state index in [2.05, 4.69) is 32.8 Å². The number of carbonyl (C=O) groups excluding carboxylic acids is 2. The summed E-state index contributed by atoms with van der Waals surface area (Å²) in [5.74, 6) is -0.249. The van der Waals surface area contributed by atoms with Crippen LogP contribution >= 0.6 is 27.5 Å². The molecule has 3 aromatic rings. The van der Waals surface area contributed by atoms with Gasteiger partial charge in [-0.3, -0.25) is 9.59 Å². The minimum atomic E-state index is -0.130. The van der Waals surface area contributed by atoms with E-state index in [0.717, 1.165) is 20.8 Å². The molecule has 0 spiro atoms. The van der Waals surface area contributed by atoms with Gasteiger partial charge in [0.1, 0.15) is 12.2 Å². The van der Waals surface area contributed by atoms with E-state index in [9.17, 15) is 9.59 Å². The van der Waals surface area contributed by atoms with Crippen LogP contribution in [0.2, 0.25) is 5.02 Å². The Kier molecular flexibility index (Phi) is 4.65. The predicted molar refractivity (Wildman–Crippen MR) is 109 cm³/mol. The number of hydrogen-bond acceptors (Lipinski definition) is 3. The van der Waals surface area contributed by atoms with Crippen LogP contribution in [0.5, 0.6) is 0 Å². The van der Waals surface area contributed by atoms with Gasteiger partial charge in [-0.1, -0.05) is 34.1 Å². The fourth-order valence-electron chi connectivity index (χ4n) is 3.40. The summed E-state index contributed by atoms with van der Waals surface area (Å²) in [4.78, 5) is 30.2. The van der Waals surface area contributed by atoms with Crippen LogP contribution in [-0.2, 0) is 16.1 Å². The molecule has 1 saturated heterocycles. The topological polar surface area (TPSA) is 67.2 Å². The summed E-state index contributed by atoms with van der Waals surface area (Å²) in [7, 11) is 0. The van der Waals surface area contributed by atoms with Gasteiger partial charge in [0, 0.05) is 34.5 Å². The van der Waals surface area contributed by atoms with Gasteiger partial charge >= 0.3 is 0 Å². The molecule has 0 unspecified atom stereocenters. The highest BCUT2D eigenvalue weighted by Gasteiger charge is 2.30. The molecule has 0 bridgehead atoms. The fraction of sp³-hybridized carbons (Fsp3) is 0.211. The van der Waals surface area contributed by atoms with Crippen molar-refractivity contribution in [2.45, 2.75) is 12.6 Å². The van der Waals surface area contributed by atoms with E-state index in [1.165, 1.54) is 6.08 Å². The molecular weight excluding hydrogens is 432 g/mol. The van der Waals surface area contributed by atoms with Crippen molar-refractivity contribution in [3.8, 4) is 0 Å². The van der Waals surface area contributed by atoms with E-state index in [4.69, 9.17) is 11.6 Å². The van der Waals surface area contributed by atoms with Gasteiger partial charge in [-0.25, -0.2) is 4.98 Å². The van der Waals surface area contributed by atoms with Gasteiger partial charge in [0.25, 0.3) is 0 Å². The standard InChI is InChI=1S/C19H16BrClN4O2/c1-2-17(27)24-8-12(9-24)23-16(26)10-25-15-4-3-11(20)7-13(15)18-14(21)5-6-22-19(18)25/h2-7,12H,1,8-10H2,(H,23,26). The first-order chi connectivity index (χ1) is 13.0. The van der Waals surface area contributed by atoms with Gasteiger partial charge in [-0.05, 0) is 30.3 Å². The number of halogens is 2. The lowest BCUT2D eigenvalue weighted by Crippen LogP contribution is -2.61. The Morgan fingerprint density at radius 3 is 2.89 bits per heavy atom. The van der Waals surface area contributed by atoms with Crippen LogP contribution < -0.4 is 5.32 Å². The van der Waals surface area contributed by atoms with Crippen molar-refractivity contribution in [1.82, 2.24) is 19.8 Å². The molecule has 4 rings (SSSR count). The second-order valence-corrected chi connectivity index (χ2v) is 7.77. The first kappa shape index (κ1) is 18.0. The summed E-state index contributed by atoms with van der Waals surface area (Å²) in [6.07, 6.45) is 2.92. The highest BCUT2D eigenvalue weighted by Crippen LogP contribution is 2.34. The number of carbonyl (C=O) groups is 2. The zero-order valence-electron chi connectivity index (χ0n) is 14.3. The predicted octanol–water partition coefficient (Wildman–Crippen LogP) is 3.12. The number of fused-ring (bicyclic) bond motifs is 3. The molecule has 0 saturated carbocycles. The number of nitrogens with one attached hydrogen (secondary N) is 1. The van der Waals surface area contributed by atoms with Crippen LogP contribution in [0.1, 0.15) is 0 Å². The molecule has 1 fully saturated rings. The Balaban J connectivity index is 1.60. The lowest BCUT2D eigenvalue weighted by molar-refractivity contribution is -0.133. The van der Waals surface area contributed by atoms with E-state index in [1.54, 1.807) is 17.2 Å². The molecule has 138 valence electrons. The highest BCUT2D eigenvalue weighted by atomic mass is 79.9. The number of amides is 2. The van der Waals surface area contributed by atoms with Crippen LogP contribution in [0.15, 0.2) is 47.6 Å². The maximum Gasteiger partial charge on any atom is 0.246 e. The average Bonchev–Trinajstić information content (AvgIpc) is 2.91.